The molecule has 0 atom stereocenters. The molecule has 22 heavy (non-hydrogen) atoms. The summed E-state index contributed by atoms with van der Waals surface area (Å²) in [5, 5.41) is 9.03. The summed E-state index contributed by atoms with van der Waals surface area (Å²) in [4.78, 5) is 67.7. The lowest BCUT2D eigenvalue weighted by Gasteiger charge is -2.11. The molecule has 0 spiro atoms. The van der Waals surface area contributed by atoms with Crippen LogP contribution < -0.4 is 0 Å². The van der Waals surface area contributed by atoms with Gasteiger partial charge < -0.3 is 9.63 Å². The standard InChI is InChI=1S/C8H9NO5.C4H5NO3/c10-5-1-2-8(13)14-9-6(11)3-4-7(9)12;6-3-1-2-4(7)5(3)8/h5H,1-4H2;8H,1-2H2. The van der Waals surface area contributed by atoms with Crippen molar-refractivity contribution in [1.82, 2.24) is 10.1 Å². The summed E-state index contributed by atoms with van der Waals surface area (Å²) in [6.07, 6.45) is 0.898. The Morgan fingerprint density at radius 1 is 1.00 bits per heavy atom. The molecule has 1 N–H and O–H groups in total. The van der Waals surface area contributed by atoms with Gasteiger partial charge in [-0.1, -0.05) is 0 Å². The molecule has 0 bridgehead atoms. The highest BCUT2D eigenvalue weighted by Gasteiger charge is 2.32. The molecular weight excluding hydrogens is 300 g/mol. The number of carbonyl (C=O) groups is 6. The second kappa shape index (κ2) is 7.98. The third kappa shape index (κ3) is 4.74. The highest BCUT2D eigenvalue weighted by Crippen LogP contribution is 2.12. The van der Waals surface area contributed by atoms with E-state index >= 15 is 0 Å². The lowest BCUT2D eigenvalue weighted by Crippen LogP contribution is -2.31. The van der Waals surface area contributed by atoms with Gasteiger partial charge in [0.05, 0.1) is 6.42 Å². The minimum absolute atomic E-state index is 0.0229. The molecule has 2 aliphatic rings. The number of imide groups is 2. The summed E-state index contributed by atoms with van der Waals surface area (Å²) in [5.41, 5.74) is 0. The number of hydrogen-bond acceptors (Lipinski definition) is 8. The molecule has 2 saturated heterocycles. The van der Waals surface area contributed by atoms with Gasteiger partial charge in [-0.25, -0.2) is 4.79 Å². The first kappa shape index (κ1) is 17.4. The van der Waals surface area contributed by atoms with E-state index in [-0.39, 0.29) is 43.6 Å². The molecule has 2 fully saturated rings. The summed E-state index contributed by atoms with van der Waals surface area (Å²) in [7, 11) is 0. The van der Waals surface area contributed by atoms with E-state index in [0.717, 1.165) is 0 Å². The quantitative estimate of drug-likeness (QED) is 0.400. The minimum Gasteiger partial charge on any atom is -0.330 e. The number of nitrogens with zero attached hydrogens (tertiary/aromatic N) is 2. The van der Waals surface area contributed by atoms with Gasteiger partial charge in [-0.2, -0.15) is 5.06 Å². The van der Waals surface area contributed by atoms with Crippen molar-refractivity contribution in [1.29, 1.82) is 0 Å². The molecule has 10 heteroatoms. The highest BCUT2D eigenvalue weighted by molar-refractivity contribution is 6.01. The van der Waals surface area contributed by atoms with Crippen molar-refractivity contribution in [2.24, 2.45) is 0 Å². The first-order chi connectivity index (χ1) is 10.4. The molecule has 0 aromatic heterocycles. The van der Waals surface area contributed by atoms with Crippen LogP contribution in [0, 0.1) is 0 Å². The van der Waals surface area contributed by atoms with Crippen molar-refractivity contribution in [3.05, 3.63) is 0 Å². The van der Waals surface area contributed by atoms with Crippen molar-refractivity contribution in [3.63, 3.8) is 0 Å². The van der Waals surface area contributed by atoms with Gasteiger partial charge >= 0.3 is 5.97 Å². The van der Waals surface area contributed by atoms with Gasteiger partial charge in [-0.05, 0) is 0 Å². The average Bonchev–Trinajstić information content (AvgIpc) is 2.96. The molecule has 10 nitrogen and oxygen atoms in total. The Morgan fingerprint density at radius 3 is 1.82 bits per heavy atom. The van der Waals surface area contributed by atoms with Gasteiger partial charge in [0.1, 0.15) is 6.29 Å². The smallest absolute Gasteiger partial charge is 0.330 e. The van der Waals surface area contributed by atoms with Crippen molar-refractivity contribution < 1.29 is 38.8 Å². The second-order valence-electron chi connectivity index (χ2n) is 4.35. The van der Waals surface area contributed by atoms with E-state index in [1.54, 1.807) is 0 Å². The van der Waals surface area contributed by atoms with E-state index < -0.39 is 29.6 Å². The summed E-state index contributed by atoms with van der Waals surface area (Å²) < 4.78 is 0. The molecule has 2 rings (SSSR count). The first-order valence-electron chi connectivity index (χ1n) is 6.41. The molecule has 0 aromatic carbocycles. The van der Waals surface area contributed by atoms with E-state index in [2.05, 4.69) is 4.84 Å². The maximum Gasteiger partial charge on any atom is 0.333 e. The average molecular weight is 314 g/mol. The number of amides is 4. The molecule has 0 saturated carbocycles. The van der Waals surface area contributed by atoms with Crippen molar-refractivity contribution in [3.8, 4) is 0 Å². The van der Waals surface area contributed by atoms with Crippen LogP contribution in [-0.4, -0.2) is 51.2 Å². The predicted octanol–water partition coefficient (Wildman–Crippen LogP) is -0.903. The van der Waals surface area contributed by atoms with Gasteiger partial charge in [0.25, 0.3) is 23.6 Å². The predicted molar refractivity (Wildman–Crippen MR) is 65.4 cm³/mol. The van der Waals surface area contributed by atoms with E-state index in [9.17, 15) is 28.8 Å². The zero-order valence-electron chi connectivity index (χ0n) is 11.5. The minimum atomic E-state index is -0.749. The Hall–Kier alpha value is -2.62. The Morgan fingerprint density at radius 2 is 1.45 bits per heavy atom. The molecule has 2 aliphatic heterocycles. The van der Waals surface area contributed by atoms with Crippen LogP contribution in [0.1, 0.15) is 38.5 Å². The van der Waals surface area contributed by atoms with Gasteiger partial charge in [-0.15, -0.1) is 5.06 Å². The number of rotatable bonds is 4. The first-order valence-corrected chi connectivity index (χ1v) is 6.41. The van der Waals surface area contributed by atoms with Gasteiger partial charge in [-0.3, -0.25) is 24.4 Å². The van der Waals surface area contributed by atoms with E-state index in [4.69, 9.17) is 5.21 Å². The van der Waals surface area contributed by atoms with Gasteiger partial charge in [0, 0.05) is 32.1 Å². The number of carbonyl (C=O) groups excluding carboxylic acids is 6. The van der Waals surface area contributed by atoms with Crippen molar-refractivity contribution in [2.45, 2.75) is 38.5 Å². The summed E-state index contributed by atoms with van der Waals surface area (Å²) in [6.45, 7) is 0. The Kier molecular flexibility index (Phi) is 6.32. The fourth-order valence-corrected chi connectivity index (χ4v) is 1.55. The van der Waals surface area contributed by atoms with Crippen molar-refractivity contribution in [2.75, 3.05) is 0 Å². The fraction of sp³-hybridized carbons (Fsp3) is 0.500. The molecular formula is C12H14N2O8. The van der Waals surface area contributed by atoms with Crippen LogP contribution in [-0.2, 0) is 33.6 Å². The Labute approximate surface area is 124 Å². The molecule has 0 aromatic rings. The lowest BCUT2D eigenvalue weighted by atomic mass is 10.3. The molecule has 0 aliphatic carbocycles. The van der Waals surface area contributed by atoms with Crippen LogP contribution in [0.15, 0.2) is 0 Å². The third-order valence-electron chi connectivity index (χ3n) is 2.69. The van der Waals surface area contributed by atoms with Gasteiger partial charge in [0.2, 0.25) is 0 Å². The monoisotopic (exact) mass is 314 g/mol. The number of hydrogen-bond donors (Lipinski definition) is 1. The van der Waals surface area contributed by atoms with Crippen LogP contribution in [0.25, 0.3) is 0 Å². The number of aldehydes is 1. The third-order valence-corrected chi connectivity index (χ3v) is 2.69. The van der Waals surface area contributed by atoms with Crippen molar-refractivity contribution >= 4 is 35.9 Å². The Bertz CT molecular complexity index is 483. The molecule has 2 heterocycles. The van der Waals surface area contributed by atoms with Crippen LogP contribution in [0.4, 0.5) is 0 Å². The fourth-order valence-electron chi connectivity index (χ4n) is 1.55. The SMILES string of the molecule is O=C1CCC(=O)N1O.O=CCCC(=O)ON1C(=O)CCC1=O. The normalized spacial score (nSPS) is 17.5. The highest BCUT2D eigenvalue weighted by atomic mass is 16.7. The lowest BCUT2D eigenvalue weighted by molar-refractivity contribution is -0.197. The zero-order valence-corrected chi connectivity index (χ0v) is 11.5. The molecule has 120 valence electrons. The molecule has 0 unspecified atom stereocenters. The summed E-state index contributed by atoms with van der Waals surface area (Å²) >= 11 is 0. The topological polar surface area (TPSA) is 138 Å². The van der Waals surface area contributed by atoms with Crippen LogP contribution in [0.2, 0.25) is 0 Å². The van der Waals surface area contributed by atoms with Crippen LogP contribution in [0.5, 0.6) is 0 Å². The maximum atomic E-state index is 11.0. The van der Waals surface area contributed by atoms with Gasteiger partial charge in [0.15, 0.2) is 0 Å². The van der Waals surface area contributed by atoms with E-state index in [0.29, 0.717) is 11.3 Å². The van der Waals surface area contributed by atoms with E-state index in [1.807, 2.05) is 0 Å². The Balaban J connectivity index is 0.000000255. The number of hydroxylamine groups is 4. The van der Waals surface area contributed by atoms with Crippen LogP contribution in [0.3, 0.4) is 0 Å². The summed E-state index contributed by atoms with van der Waals surface area (Å²) in [5.74, 6) is -2.80. The molecule has 0 radical (unpaired) electrons. The van der Waals surface area contributed by atoms with E-state index in [1.165, 1.54) is 0 Å². The second-order valence-corrected chi connectivity index (χ2v) is 4.35. The maximum absolute atomic E-state index is 11.0. The molecule has 4 amide bonds. The largest absolute Gasteiger partial charge is 0.333 e. The summed E-state index contributed by atoms with van der Waals surface area (Å²) in [6, 6.07) is 0. The zero-order chi connectivity index (χ0) is 16.7. The van der Waals surface area contributed by atoms with Crippen LogP contribution >= 0.6 is 0 Å².